The van der Waals surface area contributed by atoms with Crippen LogP contribution in [0.4, 0.5) is 4.39 Å². The van der Waals surface area contributed by atoms with Gasteiger partial charge in [-0.15, -0.1) is 0 Å². The van der Waals surface area contributed by atoms with Crippen LogP contribution in [0.1, 0.15) is 53.1 Å². The van der Waals surface area contributed by atoms with Gasteiger partial charge in [-0.2, -0.15) is 0 Å². The molecule has 0 saturated carbocycles. The monoisotopic (exact) mass is 351 g/mol. The summed E-state index contributed by atoms with van der Waals surface area (Å²) in [6.45, 7) is 0.597. The number of aryl methyl sites for hydroxylation is 1. The number of H-pyrrole nitrogens is 1. The smallest absolute Gasteiger partial charge is 0.251 e. The van der Waals surface area contributed by atoms with Crippen molar-refractivity contribution in [1.29, 1.82) is 0 Å². The highest BCUT2D eigenvalue weighted by molar-refractivity contribution is 5.97. The highest BCUT2D eigenvalue weighted by Gasteiger charge is 2.23. The number of amides is 1. The molecule has 3 aromatic rings. The number of carbonyl (C=O) groups excluding carboxylic acids is 1. The molecule has 1 aromatic heterocycles. The van der Waals surface area contributed by atoms with Crippen LogP contribution in [0.2, 0.25) is 0 Å². The Bertz CT molecular complexity index is 934. The molecule has 2 N–H and O–H groups in total. The number of nitrogens with zero attached hydrogens (tertiary/aromatic N) is 1. The fourth-order valence-electron chi connectivity index (χ4n) is 3.96. The van der Waals surface area contributed by atoms with Crippen molar-refractivity contribution in [3.63, 3.8) is 0 Å². The molecule has 0 radical (unpaired) electrons. The number of fused-ring (bicyclic) bond motifs is 2. The quantitative estimate of drug-likeness (QED) is 0.672. The van der Waals surface area contributed by atoms with Crippen LogP contribution in [0.25, 0.3) is 11.0 Å². The van der Waals surface area contributed by atoms with Gasteiger partial charge in [-0.05, 0) is 73.4 Å². The molecule has 0 aliphatic heterocycles. The molecule has 134 valence electrons. The van der Waals surface area contributed by atoms with Gasteiger partial charge in [0.05, 0.1) is 17.4 Å². The molecule has 4 nitrogen and oxygen atoms in total. The zero-order valence-corrected chi connectivity index (χ0v) is 14.6. The number of hydrogen-bond donors (Lipinski definition) is 2. The lowest BCUT2D eigenvalue weighted by atomic mass is 9.80. The van der Waals surface area contributed by atoms with Crippen molar-refractivity contribution >= 4 is 16.9 Å². The average Bonchev–Trinajstić information content (AvgIpc) is 3.13. The molecule has 0 unspecified atom stereocenters. The molecule has 2 aromatic carbocycles. The number of aromatic amines is 1. The fraction of sp³-hybridized carbons (Fsp3) is 0.333. The summed E-state index contributed by atoms with van der Waals surface area (Å²) < 4.78 is 14.2. The Labute approximate surface area is 151 Å². The molecule has 1 aliphatic carbocycles. The van der Waals surface area contributed by atoms with E-state index in [9.17, 15) is 9.18 Å². The normalized spacial score (nSPS) is 16.4. The van der Waals surface area contributed by atoms with Gasteiger partial charge >= 0.3 is 0 Å². The second kappa shape index (κ2) is 7.28. The number of rotatable bonds is 5. The molecule has 0 bridgehead atoms. The highest BCUT2D eigenvalue weighted by atomic mass is 19.1. The molecule has 4 rings (SSSR count). The predicted octanol–water partition coefficient (Wildman–Crippen LogP) is 4.33. The Morgan fingerprint density at radius 3 is 3.15 bits per heavy atom. The van der Waals surface area contributed by atoms with Crippen molar-refractivity contribution in [1.82, 2.24) is 15.3 Å². The summed E-state index contributed by atoms with van der Waals surface area (Å²) in [4.78, 5) is 19.5. The van der Waals surface area contributed by atoms with Crippen LogP contribution >= 0.6 is 0 Å². The van der Waals surface area contributed by atoms with E-state index in [0.717, 1.165) is 54.3 Å². The van der Waals surface area contributed by atoms with Crippen LogP contribution in [0.15, 0.2) is 42.7 Å². The maximum absolute atomic E-state index is 14.2. The molecule has 1 heterocycles. The molecule has 1 atom stereocenters. The van der Waals surface area contributed by atoms with Crippen molar-refractivity contribution in [3.05, 3.63) is 65.2 Å². The fourth-order valence-corrected chi connectivity index (χ4v) is 3.96. The molecule has 0 saturated heterocycles. The summed E-state index contributed by atoms with van der Waals surface area (Å²) in [5, 5.41) is 2.97. The Morgan fingerprint density at radius 1 is 1.31 bits per heavy atom. The van der Waals surface area contributed by atoms with E-state index in [-0.39, 0.29) is 17.6 Å². The Hall–Kier alpha value is -2.69. The zero-order valence-electron chi connectivity index (χ0n) is 14.6. The van der Waals surface area contributed by atoms with Crippen LogP contribution < -0.4 is 5.32 Å². The number of nitrogens with one attached hydrogen (secondary N) is 2. The second-order valence-corrected chi connectivity index (χ2v) is 6.93. The number of hydrogen-bond acceptors (Lipinski definition) is 2. The molecule has 26 heavy (non-hydrogen) atoms. The van der Waals surface area contributed by atoms with Gasteiger partial charge in [-0.3, -0.25) is 4.79 Å². The molecule has 1 aliphatic rings. The lowest BCUT2D eigenvalue weighted by Gasteiger charge is -2.26. The van der Waals surface area contributed by atoms with Gasteiger partial charge in [0.2, 0.25) is 0 Å². The Kier molecular flexibility index (Phi) is 4.69. The van der Waals surface area contributed by atoms with Crippen LogP contribution in [0, 0.1) is 5.82 Å². The number of carbonyl (C=O) groups is 1. The molecule has 5 heteroatoms. The van der Waals surface area contributed by atoms with Crippen LogP contribution in [-0.2, 0) is 6.42 Å². The number of benzene rings is 2. The van der Waals surface area contributed by atoms with Crippen molar-refractivity contribution in [2.45, 2.75) is 38.0 Å². The SMILES string of the molecule is O=C(NCCC[C@H]1CCCc2cccc(F)c21)c1ccc2nc[nH]c2c1. The van der Waals surface area contributed by atoms with E-state index in [1.165, 1.54) is 0 Å². The molecular weight excluding hydrogens is 329 g/mol. The first-order chi connectivity index (χ1) is 12.7. The van der Waals surface area contributed by atoms with E-state index in [0.29, 0.717) is 12.1 Å². The minimum Gasteiger partial charge on any atom is -0.352 e. The van der Waals surface area contributed by atoms with Gasteiger partial charge in [0.15, 0.2) is 0 Å². The van der Waals surface area contributed by atoms with Crippen LogP contribution in [0.3, 0.4) is 0 Å². The third-order valence-electron chi connectivity index (χ3n) is 5.25. The van der Waals surface area contributed by atoms with Gasteiger partial charge in [-0.25, -0.2) is 9.37 Å². The number of halogens is 1. The van der Waals surface area contributed by atoms with Crippen LogP contribution in [0.5, 0.6) is 0 Å². The van der Waals surface area contributed by atoms with E-state index >= 15 is 0 Å². The minimum atomic E-state index is -0.0864. The van der Waals surface area contributed by atoms with Crippen molar-refractivity contribution in [2.75, 3.05) is 6.54 Å². The van der Waals surface area contributed by atoms with E-state index in [2.05, 4.69) is 15.3 Å². The lowest BCUT2D eigenvalue weighted by Crippen LogP contribution is -2.25. The lowest BCUT2D eigenvalue weighted by molar-refractivity contribution is 0.0952. The standard InChI is InChI=1S/C21H22FN3O/c22-17-8-2-6-14-4-1-5-15(20(14)17)7-3-11-23-21(26)16-9-10-18-19(12-16)25-13-24-18/h2,6,8-10,12-13,15H,1,3-5,7,11H2,(H,23,26)(H,24,25)/t15-/m1/s1. The first-order valence-corrected chi connectivity index (χ1v) is 9.21. The summed E-state index contributed by atoms with van der Waals surface area (Å²) >= 11 is 0. The summed E-state index contributed by atoms with van der Waals surface area (Å²) in [5.74, 6) is 0.0963. The van der Waals surface area contributed by atoms with Crippen molar-refractivity contribution in [3.8, 4) is 0 Å². The third-order valence-corrected chi connectivity index (χ3v) is 5.25. The van der Waals surface area contributed by atoms with Gasteiger partial charge in [-0.1, -0.05) is 12.1 Å². The third kappa shape index (κ3) is 3.34. The van der Waals surface area contributed by atoms with E-state index in [1.807, 2.05) is 18.2 Å². The minimum absolute atomic E-state index is 0.0795. The number of aromatic nitrogens is 2. The van der Waals surface area contributed by atoms with Gasteiger partial charge < -0.3 is 10.3 Å². The molecule has 0 spiro atoms. The topological polar surface area (TPSA) is 57.8 Å². The first kappa shape index (κ1) is 16.8. The van der Waals surface area contributed by atoms with Gasteiger partial charge in [0.1, 0.15) is 5.82 Å². The highest BCUT2D eigenvalue weighted by Crippen LogP contribution is 2.36. The summed E-state index contributed by atoms with van der Waals surface area (Å²) in [6.07, 6.45) is 6.46. The molecule has 1 amide bonds. The Morgan fingerprint density at radius 2 is 2.23 bits per heavy atom. The van der Waals surface area contributed by atoms with Crippen molar-refractivity contribution < 1.29 is 9.18 Å². The average molecular weight is 351 g/mol. The van der Waals surface area contributed by atoms with Gasteiger partial charge in [0, 0.05) is 12.1 Å². The Balaban J connectivity index is 1.32. The second-order valence-electron chi connectivity index (χ2n) is 6.93. The van der Waals surface area contributed by atoms with Gasteiger partial charge in [0.25, 0.3) is 5.91 Å². The summed E-state index contributed by atoms with van der Waals surface area (Å²) in [5.41, 5.74) is 4.37. The zero-order chi connectivity index (χ0) is 17.9. The predicted molar refractivity (Wildman–Crippen MR) is 99.7 cm³/mol. The maximum atomic E-state index is 14.2. The summed E-state index contributed by atoms with van der Waals surface area (Å²) in [6, 6.07) is 10.8. The summed E-state index contributed by atoms with van der Waals surface area (Å²) in [7, 11) is 0. The maximum Gasteiger partial charge on any atom is 0.251 e. The first-order valence-electron chi connectivity index (χ1n) is 9.21. The number of imidazole rings is 1. The molecular formula is C21H22FN3O. The van der Waals surface area contributed by atoms with Crippen molar-refractivity contribution in [2.24, 2.45) is 0 Å². The van der Waals surface area contributed by atoms with E-state index in [1.54, 1.807) is 24.5 Å². The largest absolute Gasteiger partial charge is 0.352 e. The van der Waals surface area contributed by atoms with E-state index < -0.39 is 0 Å². The molecule has 0 fully saturated rings. The van der Waals surface area contributed by atoms with Crippen LogP contribution in [-0.4, -0.2) is 22.4 Å². The van der Waals surface area contributed by atoms with E-state index in [4.69, 9.17) is 0 Å².